The minimum Gasteiger partial charge on any atom is -0.356 e. The summed E-state index contributed by atoms with van der Waals surface area (Å²) in [5.41, 5.74) is 0.907. The number of likely N-dealkylation sites (tertiary alicyclic amines) is 1. The molecule has 2 aromatic rings. The first-order chi connectivity index (χ1) is 11.2. The Morgan fingerprint density at radius 2 is 2.04 bits per heavy atom. The number of amides is 3. The maximum atomic E-state index is 12.1. The lowest BCUT2D eigenvalue weighted by Gasteiger charge is -2.37. The molecule has 1 aromatic carbocycles. The Morgan fingerprint density at radius 3 is 2.74 bits per heavy atom. The highest BCUT2D eigenvalue weighted by Crippen LogP contribution is 2.22. The lowest BCUT2D eigenvalue weighted by Crippen LogP contribution is -2.56. The van der Waals surface area contributed by atoms with E-state index in [2.05, 4.69) is 20.0 Å². The fraction of sp³-hybridized carbons (Fsp3) is 0.333. The van der Waals surface area contributed by atoms with E-state index in [9.17, 15) is 9.59 Å². The topological polar surface area (TPSA) is 87.2 Å². The highest BCUT2D eigenvalue weighted by Gasteiger charge is 2.35. The van der Waals surface area contributed by atoms with Crippen molar-refractivity contribution in [2.24, 2.45) is 5.92 Å². The van der Waals surface area contributed by atoms with Gasteiger partial charge in [0.25, 0.3) is 0 Å². The van der Waals surface area contributed by atoms with E-state index < -0.39 is 0 Å². The average Bonchev–Trinajstić information content (AvgIpc) is 2.95. The Morgan fingerprint density at radius 1 is 1.30 bits per heavy atom. The van der Waals surface area contributed by atoms with Crippen molar-refractivity contribution >= 4 is 28.6 Å². The number of benzene rings is 1. The minimum absolute atomic E-state index is 0.00108. The molecule has 2 heterocycles. The molecule has 0 saturated carbocycles. The van der Waals surface area contributed by atoms with Gasteiger partial charge in [-0.05, 0) is 6.92 Å². The molecule has 0 atom stereocenters. The van der Waals surface area contributed by atoms with Crippen LogP contribution in [0.4, 0.5) is 9.93 Å². The van der Waals surface area contributed by atoms with Crippen LogP contribution >= 0.6 is 11.5 Å². The first-order valence-corrected chi connectivity index (χ1v) is 8.17. The van der Waals surface area contributed by atoms with Gasteiger partial charge in [-0.25, -0.2) is 4.79 Å². The number of anilines is 1. The number of urea groups is 1. The standard InChI is InChI=1S/C15H17N5O2S/c1-2-16-13(21)11-8-20(9-11)15(22)18-14-17-12(19-23-14)10-6-4-3-5-7-10/h3-7,11H,2,8-9H2,1H3,(H,16,21)(H,17,18,19,22). The number of hydrogen-bond donors (Lipinski definition) is 2. The molecule has 0 bridgehead atoms. The van der Waals surface area contributed by atoms with Gasteiger partial charge >= 0.3 is 6.03 Å². The van der Waals surface area contributed by atoms with Crippen molar-refractivity contribution in [1.82, 2.24) is 19.6 Å². The first kappa shape index (κ1) is 15.4. The van der Waals surface area contributed by atoms with Crippen molar-refractivity contribution in [2.75, 3.05) is 25.0 Å². The highest BCUT2D eigenvalue weighted by atomic mass is 32.1. The third-order valence-corrected chi connectivity index (χ3v) is 4.19. The van der Waals surface area contributed by atoms with Crippen LogP contribution < -0.4 is 10.6 Å². The minimum atomic E-state index is -0.249. The van der Waals surface area contributed by atoms with Gasteiger partial charge in [-0.3, -0.25) is 10.1 Å². The molecule has 7 nitrogen and oxygen atoms in total. The lowest BCUT2D eigenvalue weighted by atomic mass is 10.00. The maximum absolute atomic E-state index is 12.1. The fourth-order valence-electron chi connectivity index (χ4n) is 2.28. The number of nitrogens with one attached hydrogen (secondary N) is 2. The van der Waals surface area contributed by atoms with E-state index in [1.165, 1.54) is 0 Å². The molecule has 1 saturated heterocycles. The molecular weight excluding hydrogens is 314 g/mol. The molecular formula is C15H17N5O2S. The Balaban J connectivity index is 1.54. The molecule has 120 valence electrons. The molecule has 1 aliphatic heterocycles. The zero-order valence-electron chi connectivity index (χ0n) is 12.7. The summed E-state index contributed by atoms with van der Waals surface area (Å²) < 4.78 is 4.24. The van der Waals surface area contributed by atoms with E-state index in [0.717, 1.165) is 17.1 Å². The van der Waals surface area contributed by atoms with Crippen molar-refractivity contribution in [3.63, 3.8) is 0 Å². The van der Waals surface area contributed by atoms with Crippen LogP contribution in [0.15, 0.2) is 30.3 Å². The van der Waals surface area contributed by atoms with E-state index in [0.29, 0.717) is 30.6 Å². The maximum Gasteiger partial charge on any atom is 0.323 e. The summed E-state index contributed by atoms with van der Waals surface area (Å²) in [5, 5.41) is 5.94. The Hall–Kier alpha value is -2.48. The fourth-order valence-corrected chi connectivity index (χ4v) is 2.86. The predicted molar refractivity (Wildman–Crippen MR) is 88.1 cm³/mol. The second-order valence-electron chi connectivity index (χ2n) is 5.22. The Bertz CT molecular complexity index is 697. The normalized spacial score (nSPS) is 14.2. The highest BCUT2D eigenvalue weighted by molar-refractivity contribution is 7.10. The van der Waals surface area contributed by atoms with Crippen LogP contribution in [0, 0.1) is 5.92 Å². The summed E-state index contributed by atoms with van der Waals surface area (Å²) in [6, 6.07) is 9.33. The molecule has 1 aliphatic rings. The van der Waals surface area contributed by atoms with E-state index in [-0.39, 0.29) is 17.9 Å². The summed E-state index contributed by atoms with van der Waals surface area (Å²) in [7, 11) is 0. The Kier molecular flexibility index (Phi) is 4.52. The zero-order valence-corrected chi connectivity index (χ0v) is 13.5. The molecule has 1 fully saturated rings. The van der Waals surface area contributed by atoms with Crippen LogP contribution in [0.1, 0.15) is 6.92 Å². The molecule has 23 heavy (non-hydrogen) atoms. The zero-order chi connectivity index (χ0) is 16.2. The third kappa shape index (κ3) is 3.48. The second-order valence-corrected chi connectivity index (χ2v) is 5.97. The summed E-state index contributed by atoms with van der Waals surface area (Å²) in [4.78, 5) is 29.6. The first-order valence-electron chi connectivity index (χ1n) is 7.40. The van der Waals surface area contributed by atoms with Crippen LogP contribution in [0.25, 0.3) is 11.4 Å². The molecule has 0 spiro atoms. The number of hydrogen-bond acceptors (Lipinski definition) is 5. The van der Waals surface area contributed by atoms with Gasteiger partial charge in [-0.1, -0.05) is 30.3 Å². The largest absolute Gasteiger partial charge is 0.356 e. The van der Waals surface area contributed by atoms with Crippen LogP contribution in [0.2, 0.25) is 0 Å². The van der Waals surface area contributed by atoms with Gasteiger partial charge in [0.2, 0.25) is 11.0 Å². The summed E-state index contributed by atoms with van der Waals surface area (Å²) >= 11 is 1.14. The smallest absolute Gasteiger partial charge is 0.323 e. The number of aromatic nitrogens is 2. The van der Waals surface area contributed by atoms with Crippen LogP contribution in [-0.4, -0.2) is 45.8 Å². The van der Waals surface area contributed by atoms with E-state index in [4.69, 9.17) is 0 Å². The molecule has 0 aliphatic carbocycles. The third-order valence-electron chi connectivity index (χ3n) is 3.56. The van der Waals surface area contributed by atoms with Crippen molar-refractivity contribution in [3.05, 3.63) is 30.3 Å². The van der Waals surface area contributed by atoms with Gasteiger partial charge in [0, 0.05) is 36.7 Å². The van der Waals surface area contributed by atoms with E-state index in [1.54, 1.807) is 4.90 Å². The molecule has 0 radical (unpaired) electrons. The monoisotopic (exact) mass is 331 g/mol. The van der Waals surface area contributed by atoms with E-state index in [1.807, 2.05) is 37.3 Å². The van der Waals surface area contributed by atoms with Crippen molar-refractivity contribution in [1.29, 1.82) is 0 Å². The molecule has 3 amide bonds. The average molecular weight is 331 g/mol. The summed E-state index contributed by atoms with van der Waals surface area (Å²) in [6.07, 6.45) is 0. The number of carbonyl (C=O) groups is 2. The lowest BCUT2D eigenvalue weighted by molar-refractivity contribution is -0.128. The van der Waals surface area contributed by atoms with Gasteiger partial charge in [-0.15, -0.1) is 0 Å². The second kappa shape index (κ2) is 6.74. The number of nitrogens with zero attached hydrogens (tertiary/aromatic N) is 3. The molecule has 1 aromatic heterocycles. The van der Waals surface area contributed by atoms with Crippen LogP contribution in [0.3, 0.4) is 0 Å². The van der Waals surface area contributed by atoms with Gasteiger partial charge in [0.1, 0.15) is 0 Å². The van der Waals surface area contributed by atoms with Crippen molar-refractivity contribution in [3.8, 4) is 11.4 Å². The van der Waals surface area contributed by atoms with Gasteiger partial charge < -0.3 is 10.2 Å². The Labute approximate surface area is 137 Å². The van der Waals surface area contributed by atoms with Gasteiger partial charge in [0.05, 0.1) is 5.92 Å². The quantitative estimate of drug-likeness (QED) is 0.894. The van der Waals surface area contributed by atoms with Gasteiger partial charge in [-0.2, -0.15) is 9.36 Å². The molecule has 2 N–H and O–H groups in total. The van der Waals surface area contributed by atoms with E-state index >= 15 is 0 Å². The van der Waals surface area contributed by atoms with Crippen molar-refractivity contribution in [2.45, 2.75) is 6.92 Å². The predicted octanol–water partition coefficient (Wildman–Crippen LogP) is 1.80. The van der Waals surface area contributed by atoms with Crippen LogP contribution in [-0.2, 0) is 4.79 Å². The molecule has 0 unspecified atom stereocenters. The molecule has 3 rings (SSSR count). The SMILES string of the molecule is CCNC(=O)C1CN(C(=O)Nc2nc(-c3ccccc3)ns2)C1. The summed E-state index contributed by atoms with van der Waals surface area (Å²) in [5.74, 6) is 0.475. The van der Waals surface area contributed by atoms with Crippen molar-refractivity contribution < 1.29 is 9.59 Å². The van der Waals surface area contributed by atoms with Crippen LogP contribution in [0.5, 0.6) is 0 Å². The summed E-state index contributed by atoms with van der Waals surface area (Å²) in [6.45, 7) is 3.35. The molecule has 8 heteroatoms. The number of rotatable bonds is 4. The van der Waals surface area contributed by atoms with Gasteiger partial charge in [0.15, 0.2) is 5.82 Å². The number of carbonyl (C=O) groups excluding carboxylic acids is 2.